The van der Waals surface area contributed by atoms with Crippen LogP contribution < -0.4 is 10.3 Å². The van der Waals surface area contributed by atoms with Gasteiger partial charge in [-0.3, -0.25) is 14.9 Å². The first-order valence-electron chi connectivity index (χ1n) is 10.2. The van der Waals surface area contributed by atoms with Gasteiger partial charge in [0.15, 0.2) is 0 Å². The van der Waals surface area contributed by atoms with Gasteiger partial charge >= 0.3 is 0 Å². The molecule has 0 aliphatic heterocycles. The van der Waals surface area contributed by atoms with Crippen LogP contribution >= 0.6 is 27.5 Å². The van der Waals surface area contributed by atoms with Gasteiger partial charge in [-0.2, -0.15) is 9.78 Å². The van der Waals surface area contributed by atoms with E-state index in [2.05, 4.69) is 31.0 Å². The molecule has 11 heteroatoms. The standard InChI is InChI=1S/C23H17BrClN5O4/c1-2-3-21-28-19-7-4-15(24)11-18(19)23(31)29(21)27-12-14-10-16(25)5-8-20(14)34-22-9-6-17(13-26-22)30(32)33/h4-13H,2-3H2,1H3. The summed E-state index contributed by atoms with van der Waals surface area (Å²) >= 11 is 9.56. The molecule has 0 spiro atoms. The minimum atomic E-state index is -0.543. The van der Waals surface area contributed by atoms with E-state index in [1.54, 1.807) is 30.3 Å². The number of hydrogen-bond acceptors (Lipinski definition) is 7. The maximum Gasteiger partial charge on any atom is 0.287 e. The maximum atomic E-state index is 13.2. The smallest absolute Gasteiger partial charge is 0.287 e. The fraction of sp³-hybridized carbons (Fsp3) is 0.130. The zero-order valence-electron chi connectivity index (χ0n) is 17.8. The highest BCUT2D eigenvalue weighted by molar-refractivity contribution is 9.10. The first kappa shape index (κ1) is 23.5. The van der Waals surface area contributed by atoms with Crippen LogP contribution in [0.3, 0.4) is 0 Å². The SMILES string of the molecule is CCCc1nc2ccc(Br)cc2c(=O)n1N=Cc1cc(Cl)ccc1Oc1ccc([N+](=O)[O-])cn1. The monoisotopic (exact) mass is 541 g/mol. The number of pyridine rings is 1. The predicted octanol–water partition coefficient (Wildman–Crippen LogP) is 5.74. The van der Waals surface area contributed by atoms with Crippen LogP contribution in [0.5, 0.6) is 11.6 Å². The quantitative estimate of drug-likeness (QED) is 0.167. The molecule has 4 rings (SSSR count). The van der Waals surface area contributed by atoms with E-state index in [-0.39, 0.29) is 17.1 Å². The van der Waals surface area contributed by atoms with Crippen LogP contribution in [0.25, 0.3) is 10.9 Å². The molecule has 0 radical (unpaired) electrons. The third-order valence-corrected chi connectivity index (χ3v) is 5.51. The molecule has 0 fully saturated rings. The summed E-state index contributed by atoms with van der Waals surface area (Å²) in [6.45, 7) is 1.99. The molecule has 0 aliphatic rings. The molecular formula is C23H17BrClN5O4. The Morgan fingerprint density at radius 1 is 1.24 bits per heavy atom. The lowest BCUT2D eigenvalue weighted by Crippen LogP contribution is -2.22. The van der Waals surface area contributed by atoms with Gasteiger partial charge in [-0.1, -0.05) is 34.5 Å². The average molecular weight is 543 g/mol. The highest BCUT2D eigenvalue weighted by atomic mass is 79.9. The molecule has 4 aromatic rings. The van der Waals surface area contributed by atoms with Crippen molar-refractivity contribution in [2.75, 3.05) is 0 Å². The number of aromatic nitrogens is 3. The number of nitrogens with zero attached hydrogens (tertiary/aromatic N) is 5. The summed E-state index contributed by atoms with van der Waals surface area (Å²) in [5.74, 6) is 1.04. The van der Waals surface area contributed by atoms with Crippen molar-refractivity contribution in [2.45, 2.75) is 19.8 Å². The number of rotatable bonds is 7. The van der Waals surface area contributed by atoms with Gasteiger partial charge in [-0.05, 0) is 42.8 Å². The Balaban J connectivity index is 1.74. The van der Waals surface area contributed by atoms with Crippen LogP contribution in [-0.2, 0) is 6.42 Å². The summed E-state index contributed by atoms with van der Waals surface area (Å²) in [7, 11) is 0. The highest BCUT2D eigenvalue weighted by Gasteiger charge is 2.12. The summed E-state index contributed by atoms with van der Waals surface area (Å²) in [4.78, 5) is 32.1. The van der Waals surface area contributed by atoms with Gasteiger partial charge in [-0.15, -0.1) is 0 Å². The van der Waals surface area contributed by atoms with E-state index in [0.717, 1.165) is 17.1 Å². The number of fused-ring (bicyclic) bond motifs is 1. The fourth-order valence-electron chi connectivity index (χ4n) is 3.19. The summed E-state index contributed by atoms with van der Waals surface area (Å²) in [5, 5.41) is 16.1. The van der Waals surface area contributed by atoms with Crippen LogP contribution in [-0.4, -0.2) is 25.8 Å². The Morgan fingerprint density at radius 3 is 2.76 bits per heavy atom. The average Bonchev–Trinajstić information content (AvgIpc) is 2.81. The molecule has 0 unspecified atom stereocenters. The lowest BCUT2D eigenvalue weighted by Gasteiger charge is -2.10. The van der Waals surface area contributed by atoms with Crippen LogP contribution in [0.2, 0.25) is 5.02 Å². The van der Waals surface area contributed by atoms with Crippen molar-refractivity contribution in [3.63, 3.8) is 0 Å². The van der Waals surface area contributed by atoms with Crippen molar-refractivity contribution in [1.82, 2.24) is 14.6 Å². The predicted molar refractivity (Wildman–Crippen MR) is 133 cm³/mol. The fourth-order valence-corrected chi connectivity index (χ4v) is 3.73. The van der Waals surface area contributed by atoms with Crippen molar-refractivity contribution in [3.8, 4) is 11.6 Å². The largest absolute Gasteiger partial charge is 0.438 e. The molecule has 34 heavy (non-hydrogen) atoms. The van der Waals surface area contributed by atoms with Crippen LogP contribution in [0.4, 0.5) is 5.69 Å². The normalized spacial score (nSPS) is 11.3. The van der Waals surface area contributed by atoms with E-state index in [4.69, 9.17) is 16.3 Å². The Bertz CT molecular complexity index is 1470. The topological polar surface area (TPSA) is 113 Å². The first-order chi connectivity index (χ1) is 16.4. The third kappa shape index (κ3) is 5.13. The molecule has 0 N–H and O–H groups in total. The number of ether oxygens (including phenoxy) is 1. The van der Waals surface area contributed by atoms with Crippen LogP contribution in [0.15, 0.2) is 69.1 Å². The molecule has 2 aromatic heterocycles. The van der Waals surface area contributed by atoms with Gasteiger partial charge in [0.25, 0.3) is 11.2 Å². The number of benzene rings is 2. The number of aryl methyl sites for hydroxylation is 1. The van der Waals surface area contributed by atoms with Gasteiger partial charge in [0.05, 0.1) is 22.0 Å². The van der Waals surface area contributed by atoms with E-state index < -0.39 is 4.92 Å². The van der Waals surface area contributed by atoms with Gasteiger partial charge in [0, 0.05) is 33.6 Å². The van der Waals surface area contributed by atoms with Crippen molar-refractivity contribution in [2.24, 2.45) is 5.10 Å². The van der Waals surface area contributed by atoms with Gasteiger partial charge in [0.2, 0.25) is 5.88 Å². The molecule has 0 saturated heterocycles. The first-order valence-corrected chi connectivity index (χ1v) is 11.4. The molecule has 0 bridgehead atoms. The second-order valence-corrected chi connectivity index (χ2v) is 8.55. The summed E-state index contributed by atoms with van der Waals surface area (Å²) < 4.78 is 7.82. The lowest BCUT2D eigenvalue weighted by atomic mass is 10.2. The molecule has 2 heterocycles. The molecular weight excluding hydrogens is 526 g/mol. The van der Waals surface area contributed by atoms with Crippen LogP contribution in [0, 0.1) is 10.1 Å². The maximum absolute atomic E-state index is 13.2. The van der Waals surface area contributed by atoms with E-state index in [1.807, 2.05) is 13.0 Å². The van der Waals surface area contributed by atoms with E-state index in [1.165, 1.54) is 23.0 Å². The van der Waals surface area contributed by atoms with Crippen molar-refractivity contribution >= 4 is 50.3 Å². The zero-order chi connectivity index (χ0) is 24.2. The van der Waals surface area contributed by atoms with E-state index in [9.17, 15) is 14.9 Å². The second kappa shape index (κ2) is 10.1. The van der Waals surface area contributed by atoms with Crippen molar-refractivity contribution in [3.05, 3.63) is 96.1 Å². The number of hydrogen-bond donors (Lipinski definition) is 0. The minimum absolute atomic E-state index is 0.150. The van der Waals surface area contributed by atoms with Gasteiger partial charge < -0.3 is 4.74 Å². The molecule has 0 atom stereocenters. The zero-order valence-corrected chi connectivity index (χ0v) is 20.2. The highest BCUT2D eigenvalue weighted by Crippen LogP contribution is 2.27. The summed E-state index contributed by atoms with van der Waals surface area (Å²) in [6, 6.07) is 12.9. The Morgan fingerprint density at radius 2 is 2.06 bits per heavy atom. The second-order valence-electron chi connectivity index (χ2n) is 7.20. The molecule has 0 aliphatic carbocycles. The minimum Gasteiger partial charge on any atom is -0.438 e. The third-order valence-electron chi connectivity index (χ3n) is 4.78. The summed E-state index contributed by atoms with van der Waals surface area (Å²) in [5.41, 5.74) is 0.631. The molecule has 0 saturated carbocycles. The number of nitro groups is 1. The Kier molecular flexibility index (Phi) is 6.99. The van der Waals surface area contributed by atoms with E-state index >= 15 is 0 Å². The van der Waals surface area contributed by atoms with Crippen molar-refractivity contribution < 1.29 is 9.66 Å². The van der Waals surface area contributed by atoms with E-state index in [0.29, 0.717) is 39.5 Å². The molecule has 2 aromatic carbocycles. The Hall–Kier alpha value is -3.63. The van der Waals surface area contributed by atoms with Gasteiger partial charge in [0.1, 0.15) is 17.8 Å². The lowest BCUT2D eigenvalue weighted by molar-refractivity contribution is -0.385. The Labute approximate surface area is 207 Å². The molecule has 9 nitrogen and oxygen atoms in total. The number of halogens is 2. The molecule has 172 valence electrons. The molecule has 0 amide bonds. The van der Waals surface area contributed by atoms with Gasteiger partial charge in [-0.25, -0.2) is 9.97 Å². The summed E-state index contributed by atoms with van der Waals surface area (Å²) in [6.07, 6.45) is 3.90. The van der Waals surface area contributed by atoms with Crippen molar-refractivity contribution in [1.29, 1.82) is 0 Å². The van der Waals surface area contributed by atoms with Crippen LogP contribution in [0.1, 0.15) is 24.7 Å².